The summed E-state index contributed by atoms with van der Waals surface area (Å²) in [7, 11) is 1.70. The number of nitrogens with one attached hydrogen (secondary N) is 1. The second-order valence-corrected chi connectivity index (χ2v) is 5.16. The normalized spacial score (nSPS) is 10.3. The van der Waals surface area contributed by atoms with Crippen LogP contribution in [0.4, 0.5) is 0 Å². The third-order valence-corrected chi connectivity index (χ3v) is 3.47. The van der Waals surface area contributed by atoms with Crippen LogP contribution < -0.4 is 5.56 Å². The average molecular weight is 262 g/mol. The lowest BCUT2D eigenvalue weighted by Gasteiger charge is -2.15. The van der Waals surface area contributed by atoms with E-state index < -0.39 is 0 Å². The molecular formula is C13H14N2O2S. The molecule has 0 atom stereocenters. The maximum atomic E-state index is 12.1. The first-order chi connectivity index (χ1) is 8.58. The van der Waals surface area contributed by atoms with E-state index >= 15 is 0 Å². The van der Waals surface area contributed by atoms with E-state index in [2.05, 4.69) is 4.98 Å². The molecule has 0 bridgehead atoms. The molecule has 0 spiro atoms. The van der Waals surface area contributed by atoms with Crippen molar-refractivity contribution in [1.82, 2.24) is 9.88 Å². The maximum absolute atomic E-state index is 12.1. The molecule has 4 nitrogen and oxygen atoms in total. The van der Waals surface area contributed by atoms with E-state index in [9.17, 15) is 9.59 Å². The number of hydrogen-bond donors (Lipinski definition) is 1. The Morgan fingerprint density at radius 3 is 2.78 bits per heavy atom. The standard InChI is InChI=1S/C13H14N2O2S/c1-9-5-6-11(12(16)14-9)13(17)15(2)8-10-4-3-7-18-10/h3-7H,8H2,1-2H3,(H,14,16). The van der Waals surface area contributed by atoms with Gasteiger partial charge in [0, 0.05) is 17.6 Å². The summed E-state index contributed by atoms with van der Waals surface area (Å²) in [5.41, 5.74) is 0.593. The Balaban J connectivity index is 2.18. The zero-order valence-corrected chi connectivity index (χ0v) is 11.1. The van der Waals surface area contributed by atoms with Crippen LogP contribution in [0.3, 0.4) is 0 Å². The number of carbonyl (C=O) groups excluding carboxylic acids is 1. The number of H-pyrrole nitrogens is 1. The predicted molar refractivity (Wildman–Crippen MR) is 71.9 cm³/mol. The van der Waals surface area contributed by atoms with Crippen molar-refractivity contribution in [3.8, 4) is 0 Å². The highest BCUT2D eigenvalue weighted by Gasteiger charge is 2.15. The number of amides is 1. The lowest BCUT2D eigenvalue weighted by atomic mass is 10.2. The number of thiophene rings is 1. The lowest BCUT2D eigenvalue weighted by molar-refractivity contribution is 0.0784. The fourth-order valence-corrected chi connectivity index (χ4v) is 2.41. The number of hydrogen-bond acceptors (Lipinski definition) is 3. The Labute approximate surface area is 109 Å². The summed E-state index contributed by atoms with van der Waals surface area (Å²) in [5, 5.41) is 1.96. The molecule has 0 aliphatic rings. The molecule has 1 amide bonds. The van der Waals surface area contributed by atoms with Crippen LogP contribution >= 0.6 is 11.3 Å². The van der Waals surface area contributed by atoms with Gasteiger partial charge in [-0.25, -0.2) is 0 Å². The monoisotopic (exact) mass is 262 g/mol. The van der Waals surface area contributed by atoms with Crippen molar-refractivity contribution < 1.29 is 4.79 Å². The molecule has 0 saturated heterocycles. The molecule has 18 heavy (non-hydrogen) atoms. The molecule has 5 heteroatoms. The highest BCUT2D eigenvalue weighted by atomic mass is 32.1. The molecule has 94 valence electrons. The molecule has 0 radical (unpaired) electrons. The summed E-state index contributed by atoms with van der Waals surface area (Å²) in [6.07, 6.45) is 0. The Morgan fingerprint density at radius 1 is 1.39 bits per heavy atom. The van der Waals surface area contributed by atoms with Crippen molar-refractivity contribution in [3.63, 3.8) is 0 Å². The number of carbonyl (C=O) groups is 1. The zero-order valence-electron chi connectivity index (χ0n) is 10.3. The molecule has 1 N–H and O–H groups in total. The highest BCUT2D eigenvalue weighted by Crippen LogP contribution is 2.12. The van der Waals surface area contributed by atoms with Gasteiger partial charge < -0.3 is 9.88 Å². The van der Waals surface area contributed by atoms with Crippen LogP contribution in [0.25, 0.3) is 0 Å². The summed E-state index contributed by atoms with van der Waals surface area (Å²) in [5.74, 6) is -0.260. The van der Waals surface area contributed by atoms with Crippen LogP contribution in [0.1, 0.15) is 20.9 Å². The summed E-state index contributed by atoms with van der Waals surface area (Å²) in [4.78, 5) is 29.1. The molecule has 2 rings (SSSR count). The number of aromatic nitrogens is 1. The van der Waals surface area contributed by atoms with Crippen molar-refractivity contribution in [1.29, 1.82) is 0 Å². The zero-order chi connectivity index (χ0) is 13.1. The van der Waals surface area contributed by atoms with Crippen LogP contribution in [-0.4, -0.2) is 22.8 Å². The molecule has 0 unspecified atom stereocenters. The van der Waals surface area contributed by atoms with Crippen molar-refractivity contribution in [2.45, 2.75) is 13.5 Å². The van der Waals surface area contributed by atoms with Crippen LogP contribution in [0.5, 0.6) is 0 Å². The molecule has 2 aromatic rings. The Morgan fingerprint density at radius 2 is 2.17 bits per heavy atom. The summed E-state index contributed by atoms with van der Waals surface area (Å²) >= 11 is 1.59. The van der Waals surface area contributed by atoms with Gasteiger partial charge in [0.05, 0.1) is 6.54 Å². The minimum Gasteiger partial charge on any atom is -0.336 e. The van der Waals surface area contributed by atoms with E-state index in [1.807, 2.05) is 17.5 Å². The SMILES string of the molecule is Cc1ccc(C(=O)N(C)Cc2cccs2)c(=O)[nH]1. The van der Waals surface area contributed by atoms with Gasteiger partial charge in [0.1, 0.15) is 5.56 Å². The fourth-order valence-electron chi connectivity index (χ4n) is 1.65. The number of aryl methyl sites for hydroxylation is 1. The van der Waals surface area contributed by atoms with Crippen molar-refractivity contribution in [2.75, 3.05) is 7.05 Å². The van der Waals surface area contributed by atoms with Crippen LogP contribution in [0.2, 0.25) is 0 Å². The Bertz CT molecular complexity index is 602. The first-order valence-corrected chi connectivity index (χ1v) is 6.43. The van der Waals surface area contributed by atoms with Gasteiger partial charge in [-0.05, 0) is 30.5 Å². The number of aromatic amines is 1. The van der Waals surface area contributed by atoms with E-state index in [0.717, 1.165) is 10.6 Å². The quantitative estimate of drug-likeness (QED) is 0.920. The van der Waals surface area contributed by atoms with Crippen molar-refractivity contribution >= 4 is 17.2 Å². The van der Waals surface area contributed by atoms with Crippen molar-refractivity contribution in [2.24, 2.45) is 0 Å². The Kier molecular flexibility index (Phi) is 3.62. The van der Waals surface area contributed by atoms with Gasteiger partial charge in [-0.15, -0.1) is 11.3 Å². The smallest absolute Gasteiger partial charge is 0.260 e. The summed E-state index contributed by atoms with van der Waals surface area (Å²) in [6, 6.07) is 7.21. The molecule has 0 aliphatic carbocycles. The maximum Gasteiger partial charge on any atom is 0.260 e. The van der Waals surface area contributed by atoms with E-state index in [1.165, 1.54) is 0 Å². The summed E-state index contributed by atoms with van der Waals surface area (Å²) in [6.45, 7) is 2.30. The van der Waals surface area contributed by atoms with E-state index in [0.29, 0.717) is 6.54 Å². The molecule has 2 heterocycles. The molecule has 0 saturated carbocycles. The van der Waals surface area contributed by atoms with Gasteiger partial charge in [-0.2, -0.15) is 0 Å². The number of rotatable bonds is 3. The highest BCUT2D eigenvalue weighted by molar-refractivity contribution is 7.09. The number of pyridine rings is 1. The van der Waals surface area contributed by atoms with E-state index in [1.54, 1.807) is 42.3 Å². The van der Waals surface area contributed by atoms with Gasteiger partial charge >= 0.3 is 0 Å². The van der Waals surface area contributed by atoms with Crippen LogP contribution in [0.15, 0.2) is 34.4 Å². The largest absolute Gasteiger partial charge is 0.336 e. The summed E-state index contributed by atoms with van der Waals surface area (Å²) < 4.78 is 0. The fraction of sp³-hybridized carbons (Fsp3) is 0.231. The van der Waals surface area contributed by atoms with Crippen LogP contribution in [-0.2, 0) is 6.54 Å². The minimum atomic E-state index is -0.335. The average Bonchev–Trinajstić information content (AvgIpc) is 2.81. The van der Waals surface area contributed by atoms with E-state index in [-0.39, 0.29) is 17.0 Å². The molecule has 0 fully saturated rings. The second-order valence-electron chi connectivity index (χ2n) is 4.12. The van der Waals surface area contributed by atoms with Gasteiger partial charge in [0.25, 0.3) is 11.5 Å². The van der Waals surface area contributed by atoms with Gasteiger partial charge in [0.15, 0.2) is 0 Å². The van der Waals surface area contributed by atoms with Crippen molar-refractivity contribution in [3.05, 3.63) is 56.1 Å². The lowest BCUT2D eigenvalue weighted by Crippen LogP contribution is -2.31. The van der Waals surface area contributed by atoms with E-state index in [4.69, 9.17) is 0 Å². The molecule has 2 aromatic heterocycles. The third-order valence-electron chi connectivity index (χ3n) is 2.61. The number of nitrogens with zero attached hydrogens (tertiary/aromatic N) is 1. The van der Waals surface area contributed by atoms with Gasteiger partial charge in [-0.3, -0.25) is 9.59 Å². The second kappa shape index (κ2) is 5.18. The topological polar surface area (TPSA) is 53.2 Å². The molecule has 0 aliphatic heterocycles. The van der Waals surface area contributed by atoms with Gasteiger partial charge in [0.2, 0.25) is 0 Å². The minimum absolute atomic E-state index is 0.180. The molecular weight excluding hydrogens is 248 g/mol. The van der Waals surface area contributed by atoms with Gasteiger partial charge in [-0.1, -0.05) is 6.07 Å². The Hall–Kier alpha value is -1.88. The first-order valence-electron chi connectivity index (χ1n) is 5.55. The predicted octanol–water partition coefficient (Wildman–Crippen LogP) is 2.02. The van der Waals surface area contributed by atoms with Crippen LogP contribution in [0, 0.1) is 6.92 Å². The molecule has 0 aromatic carbocycles. The first kappa shape index (κ1) is 12.6. The third kappa shape index (κ3) is 2.68.